The largest absolute Gasteiger partial charge is 0.368 e. The molecule has 9 heteroatoms. The number of carbonyl (C=O) groups excluding carboxylic acids is 2. The average molecular weight is 475 g/mol. The first-order valence-electron chi connectivity index (χ1n) is 11.0. The predicted octanol–water partition coefficient (Wildman–Crippen LogP) is 3.75. The van der Waals surface area contributed by atoms with Gasteiger partial charge in [0.2, 0.25) is 5.91 Å². The highest BCUT2D eigenvalue weighted by Crippen LogP contribution is 2.25. The number of hydrogen-bond acceptors (Lipinski definition) is 7. The Morgan fingerprint density at radius 3 is 2.12 bits per heavy atom. The second-order valence-electron chi connectivity index (χ2n) is 7.57. The van der Waals surface area contributed by atoms with E-state index in [9.17, 15) is 9.59 Å². The number of hydrogen-bond donors (Lipinski definition) is 4. The van der Waals surface area contributed by atoms with Crippen LogP contribution in [0.25, 0.3) is 21.5 Å². The maximum Gasteiger partial charge on any atom is 0.261 e. The quantitative estimate of drug-likeness (QED) is 0.261. The number of fused-ring (bicyclic) bond motifs is 1. The molecule has 8 nitrogen and oxygen atoms in total. The van der Waals surface area contributed by atoms with Gasteiger partial charge in [0, 0.05) is 49.4 Å². The Bertz CT molecular complexity index is 1240. The first-order valence-corrected chi connectivity index (χ1v) is 11.8. The molecule has 0 spiro atoms. The molecule has 0 atom stereocenters. The van der Waals surface area contributed by atoms with Crippen LogP contribution < -0.4 is 21.3 Å². The second-order valence-corrected chi connectivity index (χ2v) is 8.65. The molecule has 4 N–H and O–H groups in total. The number of carbonyl (C=O) groups is 2. The van der Waals surface area contributed by atoms with Gasteiger partial charge in [0.15, 0.2) is 5.82 Å². The summed E-state index contributed by atoms with van der Waals surface area (Å²) in [6.45, 7) is 3.47. The Morgan fingerprint density at radius 2 is 1.44 bits per heavy atom. The van der Waals surface area contributed by atoms with Gasteiger partial charge in [-0.05, 0) is 17.5 Å². The lowest BCUT2D eigenvalue weighted by Gasteiger charge is -2.12. The Balaban J connectivity index is 1.37. The fourth-order valence-electron chi connectivity index (χ4n) is 3.32. The van der Waals surface area contributed by atoms with E-state index in [2.05, 4.69) is 31.2 Å². The van der Waals surface area contributed by atoms with Crippen LogP contribution >= 0.6 is 11.3 Å². The number of amides is 2. The van der Waals surface area contributed by atoms with Gasteiger partial charge in [-0.25, -0.2) is 9.97 Å². The number of aromatic nitrogens is 2. The summed E-state index contributed by atoms with van der Waals surface area (Å²) >= 11 is 1.48. The lowest BCUT2D eigenvalue weighted by atomic mass is 10.2. The van der Waals surface area contributed by atoms with Crippen molar-refractivity contribution >= 4 is 44.9 Å². The van der Waals surface area contributed by atoms with Crippen LogP contribution in [0.2, 0.25) is 0 Å². The molecule has 0 aliphatic rings. The molecule has 2 amide bonds. The zero-order valence-corrected chi connectivity index (χ0v) is 19.6. The standard InChI is InChI=1S/C25H26N6O2S/c1-17(32)26-11-12-27-22-16-23(31-24(30-22)18-7-3-2-4-8-18)28-13-14-29-25(33)21-15-19-9-5-6-10-20(19)34-21/h2-10,15-16H,11-14H2,1H3,(H,26,32)(H,29,33)(H2,27,28,30,31). The normalized spacial score (nSPS) is 10.6. The van der Waals surface area contributed by atoms with Crippen LogP contribution in [0.1, 0.15) is 16.6 Å². The molecule has 2 heterocycles. The molecule has 0 aliphatic heterocycles. The molecule has 2 aromatic carbocycles. The zero-order chi connectivity index (χ0) is 23.8. The van der Waals surface area contributed by atoms with E-state index in [0.717, 1.165) is 15.6 Å². The third-order valence-corrected chi connectivity index (χ3v) is 6.04. The van der Waals surface area contributed by atoms with Crippen LogP contribution in [0, 0.1) is 0 Å². The van der Waals surface area contributed by atoms with Crippen molar-refractivity contribution < 1.29 is 9.59 Å². The number of nitrogens with one attached hydrogen (secondary N) is 4. The highest BCUT2D eigenvalue weighted by atomic mass is 32.1. The van der Waals surface area contributed by atoms with E-state index in [0.29, 0.717) is 48.5 Å². The van der Waals surface area contributed by atoms with Crippen molar-refractivity contribution in [2.75, 3.05) is 36.8 Å². The molecule has 0 saturated carbocycles. The van der Waals surface area contributed by atoms with E-state index in [1.807, 2.05) is 66.7 Å². The van der Waals surface area contributed by atoms with E-state index < -0.39 is 0 Å². The zero-order valence-electron chi connectivity index (χ0n) is 18.8. The molecule has 0 bridgehead atoms. The molecule has 174 valence electrons. The van der Waals surface area contributed by atoms with Crippen molar-refractivity contribution in [3.8, 4) is 11.4 Å². The summed E-state index contributed by atoms with van der Waals surface area (Å²) in [5, 5.41) is 13.3. The predicted molar refractivity (Wildman–Crippen MR) is 137 cm³/mol. The minimum absolute atomic E-state index is 0.0745. The summed E-state index contributed by atoms with van der Waals surface area (Å²) in [6.07, 6.45) is 0. The van der Waals surface area contributed by atoms with Crippen molar-refractivity contribution in [1.82, 2.24) is 20.6 Å². The van der Waals surface area contributed by atoms with E-state index in [4.69, 9.17) is 0 Å². The van der Waals surface area contributed by atoms with Crippen LogP contribution in [0.5, 0.6) is 0 Å². The number of anilines is 2. The summed E-state index contributed by atoms with van der Waals surface area (Å²) in [4.78, 5) is 33.5. The molecule has 34 heavy (non-hydrogen) atoms. The van der Waals surface area contributed by atoms with Gasteiger partial charge in [-0.2, -0.15) is 0 Å². The molecular weight excluding hydrogens is 448 g/mol. The molecule has 0 aliphatic carbocycles. The monoisotopic (exact) mass is 474 g/mol. The van der Waals surface area contributed by atoms with Gasteiger partial charge >= 0.3 is 0 Å². The summed E-state index contributed by atoms with van der Waals surface area (Å²) < 4.78 is 1.10. The van der Waals surface area contributed by atoms with Gasteiger partial charge < -0.3 is 21.3 Å². The molecule has 4 aromatic rings. The van der Waals surface area contributed by atoms with Gasteiger partial charge in [0.1, 0.15) is 11.6 Å². The first-order chi connectivity index (χ1) is 16.6. The number of rotatable bonds is 10. The number of thiophene rings is 1. The van der Waals surface area contributed by atoms with Crippen LogP contribution in [-0.4, -0.2) is 48.0 Å². The molecule has 0 unspecified atom stereocenters. The van der Waals surface area contributed by atoms with Gasteiger partial charge in [0.25, 0.3) is 5.91 Å². The average Bonchev–Trinajstić information content (AvgIpc) is 3.29. The van der Waals surface area contributed by atoms with E-state index in [-0.39, 0.29) is 11.8 Å². The van der Waals surface area contributed by atoms with Gasteiger partial charge in [-0.1, -0.05) is 48.5 Å². The Labute approximate surface area is 201 Å². The van der Waals surface area contributed by atoms with Crippen molar-refractivity contribution in [1.29, 1.82) is 0 Å². The maximum atomic E-state index is 12.5. The number of nitrogens with zero attached hydrogens (tertiary/aromatic N) is 2. The summed E-state index contributed by atoms with van der Waals surface area (Å²) in [5.41, 5.74) is 0.897. The molecule has 4 rings (SSSR count). The van der Waals surface area contributed by atoms with Gasteiger partial charge in [-0.3, -0.25) is 9.59 Å². The van der Waals surface area contributed by atoms with E-state index in [1.54, 1.807) is 0 Å². The van der Waals surface area contributed by atoms with Crippen LogP contribution in [0.3, 0.4) is 0 Å². The summed E-state index contributed by atoms with van der Waals surface area (Å²) in [7, 11) is 0. The molecule has 0 fully saturated rings. The third-order valence-electron chi connectivity index (χ3n) is 4.93. The summed E-state index contributed by atoms with van der Waals surface area (Å²) in [6, 6.07) is 21.4. The summed E-state index contributed by atoms with van der Waals surface area (Å²) in [5.74, 6) is 1.72. The lowest BCUT2D eigenvalue weighted by molar-refractivity contribution is -0.118. The third kappa shape index (κ3) is 6.29. The lowest BCUT2D eigenvalue weighted by Crippen LogP contribution is -2.28. The topological polar surface area (TPSA) is 108 Å². The van der Waals surface area contributed by atoms with Crippen molar-refractivity contribution in [3.63, 3.8) is 0 Å². The fraction of sp³-hybridized carbons (Fsp3) is 0.200. The van der Waals surface area contributed by atoms with Crippen molar-refractivity contribution in [2.24, 2.45) is 0 Å². The van der Waals surface area contributed by atoms with Crippen molar-refractivity contribution in [2.45, 2.75) is 6.92 Å². The Kier molecular flexibility index (Phi) is 7.67. The van der Waals surface area contributed by atoms with E-state index >= 15 is 0 Å². The highest BCUT2D eigenvalue weighted by Gasteiger charge is 2.10. The SMILES string of the molecule is CC(=O)NCCNc1cc(NCCNC(=O)c2cc3ccccc3s2)nc(-c2ccccc2)n1. The van der Waals surface area contributed by atoms with Crippen LogP contribution in [0.4, 0.5) is 11.6 Å². The van der Waals surface area contributed by atoms with Crippen LogP contribution in [0.15, 0.2) is 66.7 Å². The minimum atomic E-state index is -0.0870. The van der Waals surface area contributed by atoms with Gasteiger partial charge in [0.05, 0.1) is 4.88 Å². The van der Waals surface area contributed by atoms with Crippen molar-refractivity contribution in [3.05, 3.63) is 71.6 Å². The maximum absolute atomic E-state index is 12.5. The fourth-order valence-corrected chi connectivity index (χ4v) is 4.30. The Hall–Kier alpha value is -3.98. The molecule has 2 aromatic heterocycles. The molecule has 0 radical (unpaired) electrons. The Morgan fingerprint density at radius 1 is 0.794 bits per heavy atom. The van der Waals surface area contributed by atoms with Crippen LogP contribution in [-0.2, 0) is 4.79 Å². The highest BCUT2D eigenvalue weighted by molar-refractivity contribution is 7.20. The molecular formula is C25H26N6O2S. The van der Waals surface area contributed by atoms with Gasteiger partial charge in [-0.15, -0.1) is 11.3 Å². The smallest absolute Gasteiger partial charge is 0.261 e. The number of benzene rings is 2. The second kappa shape index (κ2) is 11.2. The molecule has 0 saturated heterocycles. The van der Waals surface area contributed by atoms with E-state index in [1.165, 1.54) is 18.3 Å². The first kappa shape index (κ1) is 23.2. The minimum Gasteiger partial charge on any atom is -0.368 e.